The summed E-state index contributed by atoms with van der Waals surface area (Å²) < 4.78 is 0. The molecule has 1 N–H and O–H groups in total. The Morgan fingerprint density at radius 1 is 1.20 bits per heavy atom. The average Bonchev–Trinajstić information content (AvgIpc) is 1.87. The highest BCUT2D eigenvalue weighted by Gasteiger charge is 1.94. The van der Waals surface area contributed by atoms with Crippen LogP contribution in [0, 0.1) is 0 Å². The summed E-state index contributed by atoms with van der Waals surface area (Å²) in [6.07, 6.45) is 4.23. The van der Waals surface area contributed by atoms with E-state index in [0.717, 1.165) is 31.4 Å². The summed E-state index contributed by atoms with van der Waals surface area (Å²) >= 11 is 4.74. The second-order valence-corrected chi connectivity index (χ2v) is 2.67. The Morgan fingerprint density at radius 3 is 2.30 bits per heavy atom. The van der Waals surface area contributed by atoms with Crippen LogP contribution >= 0.6 is 12.6 Å². The van der Waals surface area contributed by atoms with Crippen molar-refractivity contribution in [3.05, 3.63) is 0 Å². The Hall–Kier alpha value is -0.180. The summed E-state index contributed by atoms with van der Waals surface area (Å²) in [4.78, 5) is 10.0. The van der Waals surface area contributed by atoms with E-state index in [1.807, 2.05) is 0 Å². The van der Waals surface area contributed by atoms with E-state index in [1.54, 1.807) is 0 Å². The van der Waals surface area contributed by atoms with Crippen LogP contribution in [-0.4, -0.2) is 16.8 Å². The maximum atomic E-state index is 10.0. The van der Waals surface area contributed by atoms with Crippen LogP contribution in [0.15, 0.2) is 0 Å². The van der Waals surface area contributed by atoms with E-state index in [4.69, 9.17) is 17.7 Å². The van der Waals surface area contributed by atoms with Crippen LogP contribution in [0.2, 0.25) is 0 Å². The molecule has 0 aromatic heterocycles. The zero-order valence-corrected chi connectivity index (χ0v) is 6.82. The molecular formula is C7H13O2S. The molecule has 0 aliphatic heterocycles. The fourth-order valence-corrected chi connectivity index (χ4v) is 0.936. The molecule has 0 aliphatic rings. The Labute approximate surface area is 67.0 Å². The van der Waals surface area contributed by atoms with E-state index in [-0.39, 0.29) is 0 Å². The van der Waals surface area contributed by atoms with Crippen molar-refractivity contribution in [2.24, 2.45) is 0 Å². The Balaban J connectivity index is 2.84. The number of unbranched alkanes of at least 4 members (excludes halogenated alkanes) is 3. The lowest BCUT2D eigenvalue weighted by Crippen LogP contribution is -1.93. The molecule has 0 spiro atoms. The number of hydrogen-bond donors (Lipinski definition) is 1. The smallest absolute Gasteiger partial charge is 0.303 e. The molecule has 10 heavy (non-hydrogen) atoms. The molecule has 0 amide bonds. The second-order valence-electron chi connectivity index (χ2n) is 2.26. The summed E-state index contributed by atoms with van der Waals surface area (Å²) in [7, 11) is 0. The number of carbonyl (C=O) groups is 1. The molecule has 59 valence electrons. The van der Waals surface area contributed by atoms with E-state index < -0.39 is 5.97 Å². The van der Waals surface area contributed by atoms with Gasteiger partial charge in [0.25, 0.3) is 0 Å². The van der Waals surface area contributed by atoms with E-state index in [2.05, 4.69) is 0 Å². The zero-order chi connectivity index (χ0) is 7.82. The standard InChI is InChI=1S/C7H13O2S/c8-7(9)5-3-1-2-4-6-10/h1-6H2,(H,8,9). The minimum absolute atomic E-state index is 0.303. The van der Waals surface area contributed by atoms with Crippen LogP contribution < -0.4 is 0 Å². The highest BCUT2D eigenvalue weighted by molar-refractivity contribution is 7.80. The molecule has 0 saturated carbocycles. The second kappa shape index (κ2) is 6.93. The first kappa shape index (κ1) is 9.82. The van der Waals surface area contributed by atoms with Gasteiger partial charge in [-0.05, 0) is 12.8 Å². The van der Waals surface area contributed by atoms with Gasteiger partial charge in [-0.2, -0.15) is 0 Å². The highest BCUT2D eigenvalue weighted by Crippen LogP contribution is 2.03. The van der Waals surface area contributed by atoms with Gasteiger partial charge in [-0.15, -0.1) is 0 Å². The molecule has 0 fully saturated rings. The summed E-state index contributed by atoms with van der Waals surface area (Å²) in [5.41, 5.74) is 0. The fourth-order valence-electron chi connectivity index (χ4n) is 0.732. The summed E-state index contributed by atoms with van der Waals surface area (Å²) in [5, 5.41) is 8.25. The predicted molar refractivity (Wildman–Crippen MR) is 43.2 cm³/mol. The van der Waals surface area contributed by atoms with Crippen LogP contribution in [0.4, 0.5) is 0 Å². The molecule has 0 aromatic carbocycles. The molecule has 2 nitrogen and oxygen atoms in total. The fraction of sp³-hybridized carbons (Fsp3) is 0.857. The van der Waals surface area contributed by atoms with Crippen molar-refractivity contribution in [1.29, 1.82) is 0 Å². The van der Waals surface area contributed by atoms with Crippen LogP contribution in [0.3, 0.4) is 0 Å². The van der Waals surface area contributed by atoms with Crippen molar-refractivity contribution in [3.8, 4) is 0 Å². The van der Waals surface area contributed by atoms with Crippen molar-refractivity contribution >= 4 is 18.6 Å². The lowest BCUT2D eigenvalue weighted by Gasteiger charge is -1.94. The molecule has 0 atom stereocenters. The van der Waals surface area contributed by atoms with Gasteiger partial charge < -0.3 is 5.11 Å². The van der Waals surface area contributed by atoms with Crippen molar-refractivity contribution in [2.45, 2.75) is 32.1 Å². The minimum Gasteiger partial charge on any atom is -0.481 e. The number of rotatable bonds is 6. The summed E-state index contributed by atoms with van der Waals surface area (Å²) in [5.74, 6) is 0.103. The van der Waals surface area contributed by atoms with E-state index in [1.165, 1.54) is 0 Å². The predicted octanol–water partition coefficient (Wildman–Crippen LogP) is 2.22. The minimum atomic E-state index is -0.696. The molecule has 0 saturated heterocycles. The Kier molecular flexibility index (Phi) is 6.81. The van der Waals surface area contributed by atoms with Crippen molar-refractivity contribution in [3.63, 3.8) is 0 Å². The molecule has 0 aromatic rings. The van der Waals surface area contributed by atoms with Gasteiger partial charge >= 0.3 is 5.97 Å². The van der Waals surface area contributed by atoms with Gasteiger partial charge in [0.15, 0.2) is 0 Å². The first-order chi connectivity index (χ1) is 4.77. The van der Waals surface area contributed by atoms with Crippen LogP contribution in [0.5, 0.6) is 0 Å². The molecule has 3 heteroatoms. The molecule has 0 bridgehead atoms. The molecule has 0 heterocycles. The molecule has 0 aliphatic carbocycles. The van der Waals surface area contributed by atoms with Gasteiger partial charge in [-0.3, -0.25) is 4.79 Å². The van der Waals surface area contributed by atoms with E-state index in [0.29, 0.717) is 6.42 Å². The number of hydrogen-bond acceptors (Lipinski definition) is 1. The maximum absolute atomic E-state index is 10.0. The summed E-state index contributed by atoms with van der Waals surface area (Å²) in [6.45, 7) is 0. The molecule has 0 unspecified atom stereocenters. The lowest BCUT2D eigenvalue weighted by atomic mass is 10.2. The zero-order valence-electron chi connectivity index (χ0n) is 6.01. The monoisotopic (exact) mass is 161 g/mol. The number of carboxylic acid groups (broad SMARTS) is 1. The van der Waals surface area contributed by atoms with Gasteiger partial charge in [0, 0.05) is 12.2 Å². The normalized spacial score (nSPS) is 9.70. The van der Waals surface area contributed by atoms with Crippen LogP contribution in [0.25, 0.3) is 0 Å². The Morgan fingerprint density at radius 2 is 1.80 bits per heavy atom. The maximum Gasteiger partial charge on any atom is 0.303 e. The number of aliphatic carboxylic acids is 1. The quantitative estimate of drug-likeness (QED) is 0.606. The van der Waals surface area contributed by atoms with Crippen LogP contribution in [0.1, 0.15) is 32.1 Å². The van der Waals surface area contributed by atoms with E-state index >= 15 is 0 Å². The first-order valence-electron chi connectivity index (χ1n) is 3.57. The third-order valence-electron chi connectivity index (χ3n) is 1.28. The largest absolute Gasteiger partial charge is 0.481 e. The average molecular weight is 161 g/mol. The first-order valence-corrected chi connectivity index (χ1v) is 4.15. The van der Waals surface area contributed by atoms with Gasteiger partial charge in [0.2, 0.25) is 0 Å². The van der Waals surface area contributed by atoms with Gasteiger partial charge in [0.05, 0.1) is 0 Å². The molecular weight excluding hydrogens is 148 g/mol. The summed E-state index contributed by atoms with van der Waals surface area (Å²) in [6, 6.07) is 0. The van der Waals surface area contributed by atoms with Crippen LogP contribution in [-0.2, 0) is 4.79 Å². The van der Waals surface area contributed by atoms with Crippen molar-refractivity contribution < 1.29 is 9.90 Å². The third-order valence-corrected chi connectivity index (χ3v) is 1.57. The molecule has 0 rings (SSSR count). The molecule has 1 radical (unpaired) electrons. The van der Waals surface area contributed by atoms with Gasteiger partial charge in [-0.1, -0.05) is 25.5 Å². The van der Waals surface area contributed by atoms with Gasteiger partial charge in [-0.25, -0.2) is 0 Å². The topological polar surface area (TPSA) is 37.3 Å². The van der Waals surface area contributed by atoms with Crippen molar-refractivity contribution in [1.82, 2.24) is 0 Å². The lowest BCUT2D eigenvalue weighted by molar-refractivity contribution is -0.137. The van der Waals surface area contributed by atoms with Gasteiger partial charge in [0.1, 0.15) is 0 Å². The van der Waals surface area contributed by atoms with E-state index in [9.17, 15) is 4.79 Å². The third kappa shape index (κ3) is 7.82. The highest BCUT2D eigenvalue weighted by atomic mass is 32.1. The number of carboxylic acids is 1. The van der Waals surface area contributed by atoms with Crippen molar-refractivity contribution in [2.75, 3.05) is 5.75 Å². The SMILES string of the molecule is O=C(O)CCCCCC[S]. The Bertz CT molecular complexity index is 93.6.